The van der Waals surface area contributed by atoms with E-state index in [1.54, 1.807) is 10.9 Å². The van der Waals surface area contributed by atoms with Gasteiger partial charge in [0.25, 0.3) is 0 Å². The molecular weight excluding hydrogens is 398 g/mol. The molecule has 3 aromatic rings. The lowest BCUT2D eigenvalue weighted by Gasteiger charge is -2.39. The van der Waals surface area contributed by atoms with Crippen LogP contribution in [0.2, 0.25) is 0 Å². The van der Waals surface area contributed by atoms with Gasteiger partial charge in [0.1, 0.15) is 17.2 Å². The number of hydrogen-bond donors (Lipinski definition) is 1. The van der Waals surface area contributed by atoms with Crippen molar-refractivity contribution in [2.24, 2.45) is 5.92 Å². The summed E-state index contributed by atoms with van der Waals surface area (Å²) in [5.41, 5.74) is 2.97. The lowest BCUT2D eigenvalue weighted by Crippen LogP contribution is -2.56. The maximum atomic E-state index is 11.9. The zero-order valence-corrected chi connectivity index (χ0v) is 17.4. The highest BCUT2D eigenvalue weighted by Gasteiger charge is 2.49. The van der Waals surface area contributed by atoms with Crippen LogP contribution >= 0.6 is 0 Å². The van der Waals surface area contributed by atoms with Gasteiger partial charge in [0.2, 0.25) is 5.65 Å². The van der Waals surface area contributed by atoms with Crippen molar-refractivity contribution < 1.29 is 14.3 Å². The Balaban J connectivity index is 1.28. The summed E-state index contributed by atoms with van der Waals surface area (Å²) >= 11 is 0. The van der Waals surface area contributed by atoms with E-state index >= 15 is 0 Å². The number of ether oxygens (including phenoxy) is 2. The lowest BCUT2D eigenvalue weighted by atomic mass is 9.85. The molecule has 1 amide bonds. The van der Waals surface area contributed by atoms with E-state index in [1.165, 1.54) is 5.56 Å². The molecule has 1 unspecified atom stereocenters. The zero-order chi connectivity index (χ0) is 21.2. The minimum Gasteiger partial charge on any atom is -0.493 e. The molecule has 0 spiro atoms. The van der Waals surface area contributed by atoms with Gasteiger partial charge in [0.15, 0.2) is 5.65 Å². The predicted molar refractivity (Wildman–Crippen MR) is 111 cm³/mol. The Bertz CT molecular complexity index is 1190. The third-order valence-electron chi connectivity index (χ3n) is 6.50. The van der Waals surface area contributed by atoms with Crippen LogP contribution in [-0.4, -0.2) is 62.4 Å². The number of hydrogen-bond acceptors (Lipinski definition) is 8. The fourth-order valence-corrected chi connectivity index (χ4v) is 4.85. The third kappa shape index (κ3) is 3.05. The first-order valence-electron chi connectivity index (χ1n) is 10.5. The minimum absolute atomic E-state index is 0.0189. The number of aromatic nitrogens is 5. The van der Waals surface area contributed by atoms with Crippen molar-refractivity contribution in [2.75, 3.05) is 24.6 Å². The average Bonchev–Trinajstić information content (AvgIpc) is 3.45. The molecule has 31 heavy (non-hydrogen) atoms. The molecule has 6 rings (SSSR count). The highest BCUT2D eigenvalue weighted by molar-refractivity contribution is 5.70. The van der Waals surface area contributed by atoms with Crippen molar-refractivity contribution in [1.82, 2.24) is 30.3 Å². The van der Waals surface area contributed by atoms with Crippen LogP contribution in [0.15, 0.2) is 24.4 Å². The van der Waals surface area contributed by atoms with E-state index in [-0.39, 0.29) is 18.1 Å². The molecule has 10 nitrogen and oxygen atoms in total. The number of alkyl carbamates (subject to hydrolysis) is 1. The van der Waals surface area contributed by atoms with Crippen LogP contribution < -0.4 is 15.0 Å². The summed E-state index contributed by atoms with van der Waals surface area (Å²) in [7, 11) is 0. The number of carbonyl (C=O) groups excluding carboxylic acids is 1. The summed E-state index contributed by atoms with van der Waals surface area (Å²) in [6, 6.07) is 6.23. The standard InChI is InChI=1S/C21H23N7O3/c1-21(2)14-10-27(11-15(14)23-20(29)31-21)17-8-22-18-19(24-17)28(26-25-18)9-12-3-4-16-13(7-12)5-6-30-16/h3-4,7-8,14-15H,5-6,9-11H2,1-2H3,(H,23,29)/t14?,15-/m0/s1. The van der Waals surface area contributed by atoms with E-state index in [0.29, 0.717) is 24.4 Å². The summed E-state index contributed by atoms with van der Waals surface area (Å²) in [5.74, 6) is 1.88. The van der Waals surface area contributed by atoms with Crippen molar-refractivity contribution in [3.63, 3.8) is 0 Å². The number of nitrogens with zero attached hydrogens (tertiary/aromatic N) is 6. The number of amides is 1. The smallest absolute Gasteiger partial charge is 0.407 e. The molecule has 0 bridgehead atoms. The first-order chi connectivity index (χ1) is 15.0. The summed E-state index contributed by atoms with van der Waals surface area (Å²) in [6.45, 7) is 6.61. The fourth-order valence-electron chi connectivity index (χ4n) is 4.85. The van der Waals surface area contributed by atoms with Gasteiger partial charge in [-0.05, 0) is 31.0 Å². The number of benzene rings is 1. The molecule has 1 aromatic carbocycles. The van der Waals surface area contributed by atoms with Crippen LogP contribution in [0, 0.1) is 5.92 Å². The van der Waals surface area contributed by atoms with E-state index in [4.69, 9.17) is 14.5 Å². The molecule has 2 saturated heterocycles. The molecule has 2 atom stereocenters. The predicted octanol–water partition coefficient (Wildman–Crippen LogP) is 1.53. The second kappa shape index (κ2) is 6.53. The monoisotopic (exact) mass is 421 g/mol. The largest absolute Gasteiger partial charge is 0.493 e. The molecule has 2 fully saturated rings. The topological polar surface area (TPSA) is 107 Å². The van der Waals surface area contributed by atoms with Crippen molar-refractivity contribution in [3.05, 3.63) is 35.5 Å². The Morgan fingerprint density at radius 2 is 2.19 bits per heavy atom. The molecule has 3 aliphatic heterocycles. The van der Waals surface area contributed by atoms with E-state index in [1.807, 2.05) is 26.0 Å². The maximum absolute atomic E-state index is 11.9. The van der Waals surface area contributed by atoms with Gasteiger partial charge >= 0.3 is 6.09 Å². The lowest BCUT2D eigenvalue weighted by molar-refractivity contribution is -0.0327. The van der Waals surface area contributed by atoms with Crippen LogP contribution in [-0.2, 0) is 17.7 Å². The molecule has 5 heterocycles. The van der Waals surface area contributed by atoms with E-state index in [0.717, 1.165) is 36.7 Å². The fraction of sp³-hybridized carbons (Fsp3) is 0.476. The molecule has 2 aromatic heterocycles. The molecule has 10 heteroatoms. The van der Waals surface area contributed by atoms with Gasteiger partial charge < -0.3 is 19.7 Å². The number of cyclic esters (lactones) is 1. The van der Waals surface area contributed by atoms with Gasteiger partial charge in [-0.25, -0.2) is 19.4 Å². The van der Waals surface area contributed by atoms with Crippen LogP contribution in [0.3, 0.4) is 0 Å². The van der Waals surface area contributed by atoms with Gasteiger partial charge in [0.05, 0.1) is 25.4 Å². The Labute approximate surface area is 178 Å². The highest BCUT2D eigenvalue weighted by Crippen LogP contribution is 2.35. The van der Waals surface area contributed by atoms with Crippen molar-refractivity contribution >= 4 is 23.2 Å². The third-order valence-corrected chi connectivity index (χ3v) is 6.50. The Hall–Kier alpha value is -3.43. The first kappa shape index (κ1) is 18.3. The molecule has 0 radical (unpaired) electrons. The average molecular weight is 421 g/mol. The first-order valence-corrected chi connectivity index (χ1v) is 10.5. The maximum Gasteiger partial charge on any atom is 0.407 e. The number of carbonyl (C=O) groups is 1. The molecule has 0 saturated carbocycles. The summed E-state index contributed by atoms with van der Waals surface area (Å²) < 4.78 is 12.9. The van der Waals surface area contributed by atoms with Gasteiger partial charge in [-0.2, -0.15) is 0 Å². The van der Waals surface area contributed by atoms with Crippen LogP contribution in [0.25, 0.3) is 11.3 Å². The quantitative estimate of drug-likeness (QED) is 0.678. The van der Waals surface area contributed by atoms with E-state index in [2.05, 4.69) is 31.6 Å². The Kier molecular flexibility index (Phi) is 3.87. The summed E-state index contributed by atoms with van der Waals surface area (Å²) in [4.78, 5) is 23.3. The second-order valence-corrected chi connectivity index (χ2v) is 8.92. The Morgan fingerprint density at radius 3 is 3.10 bits per heavy atom. The van der Waals surface area contributed by atoms with Gasteiger partial charge in [-0.1, -0.05) is 17.3 Å². The Morgan fingerprint density at radius 1 is 1.29 bits per heavy atom. The summed E-state index contributed by atoms with van der Waals surface area (Å²) in [6.07, 6.45) is 2.29. The van der Waals surface area contributed by atoms with Crippen molar-refractivity contribution in [3.8, 4) is 5.75 Å². The highest BCUT2D eigenvalue weighted by atomic mass is 16.6. The van der Waals surface area contributed by atoms with Crippen LogP contribution in [0.1, 0.15) is 25.0 Å². The second-order valence-electron chi connectivity index (χ2n) is 8.92. The number of fused-ring (bicyclic) bond motifs is 3. The van der Waals surface area contributed by atoms with Crippen LogP contribution in [0.5, 0.6) is 5.75 Å². The molecule has 3 aliphatic rings. The molecule has 1 N–H and O–H groups in total. The molecule has 160 valence electrons. The summed E-state index contributed by atoms with van der Waals surface area (Å²) in [5, 5.41) is 11.4. The van der Waals surface area contributed by atoms with E-state index < -0.39 is 5.60 Å². The van der Waals surface area contributed by atoms with Gasteiger partial charge in [-0.15, -0.1) is 5.10 Å². The van der Waals surface area contributed by atoms with Crippen molar-refractivity contribution in [2.45, 2.75) is 38.5 Å². The zero-order valence-electron chi connectivity index (χ0n) is 17.4. The normalized spacial score (nSPS) is 23.8. The van der Waals surface area contributed by atoms with Crippen LogP contribution in [0.4, 0.5) is 10.6 Å². The number of rotatable bonds is 3. The van der Waals surface area contributed by atoms with Crippen molar-refractivity contribution in [1.29, 1.82) is 0 Å². The molecular formula is C21H23N7O3. The van der Waals surface area contributed by atoms with E-state index in [9.17, 15) is 4.79 Å². The number of nitrogens with one attached hydrogen (secondary N) is 1. The number of anilines is 1. The van der Waals surface area contributed by atoms with Gasteiger partial charge in [-0.3, -0.25) is 0 Å². The minimum atomic E-state index is -0.528. The SMILES string of the molecule is CC1(C)OC(=O)N[C@H]2CN(c3cnc4nnn(Cc5ccc6c(c5)CCO6)c4n3)CC21. The molecule has 0 aliphatic carbocycles. The van der Waals surface area contributed by atoms with Gasteiger partial charge in [0, 0.05) is 25.4 Å².